The molecule has 1 heterocycles. The van der Waals surface area contributed by atoms with Gasteiger partial charge in [0.2, 0.25) is 0 Å². The minimum absolute atomic E-state index is 0.0103. The van der Waals surface area contributed by atoms with Crippen LogP contribution in [0.2, 0.25) is 0 Å². The van der Waals surface area contributed by atoms with Crippen LogP contribution in [0.3, 0.4) is 0 Å². The van der Waals surface area contributed by atoms with E-state index >= 15 is 0 Å². The van der Waals surface area contributed by atoms with Gasteiger partial charge in [0, 0.05) is 13.0 Å². The average molecular weight is 440 g/mol. The van der Waals surface area contributed by atoms with Crippen LogP contribution < -0.4 is 5.32 Å². The Bertz CT molecular complexity index is 1090. The summed E-state index contributed by atoms with van der Waals surface area (Å²) in [6.07, 6.45) is -0.853. The number of hydrogen-bond acceptors (Lipinski definition) is 8. The van der Waals surface area contributed by atoms with Crippen molar-refractivity contribution in [3.63, 3.8) is 0 Å². The zero-order chi connectivity index (χ0) is 21.2. The smallest absolute Gasteiger partial charge is 0.341 e. The fraction of sp³-hybridized carbons (Fsp3) is 0.316. The minimum atomic E-state index is -4.26. The zero-order valence-electron chi connectivity index (χ0n) is 15.9. The third-order valence-electron chi connectivity index (χ3n) is 4.45. The Balaban J connectivity index is 1.62. The average Bonchev–Trinajstić information content (AvgIpc) is 3.10. The topological polar surface area (TPSA) is 116 Å². The predicted octanol–water partition coefficient (Wildman–Crippen LogP) is 1.67. The second-order valence-electron chi connectivity index (χ2n) is 6.85. The van der Waals surface area contributed by atoms with Crippen LogP contribution in [-0.4, -0.2) is 41.5 Å². The summed E-state index contributed by atoms with van der Waals surface area (Å²) in [5.41, 5.74) is 1.77. The van der Waals surface area contributed by atoms with E-state index in [0.717, 1.165) is 11.1 Å². The molecule has 10 heteroatoms. The molecule has 29 heavy (non-hydrogen) atoms. The molecule has 1 aliphatic rings. The summed E-state index contributed by atoms with van der Waals surface area (Å²) in [7, 11) is -8.26. The molecular formula is C19H21NO7S2. The summed E-state index contributed by atoms with van der Waals surface area (Å²) in [6, 6.07) is 11.1. The van der Waals surface area contributed by atoms with Crippen LogP contribution >= 0.6 is 0 Å². The first-order chi connectivity index (χ1) is 13.6. The second-order valence-corrected chi connectivity index (χ2v) is 9.97. The van der Waals surface area contributed by atoms with Gasteiger partial charge in [-0.2, -0.15) is 16.8 Å². The Morgan fingerprint density at radius 1 is 0.862 bits per heavy atom. The summed E-state index contributed by atoms with van der Waals surface area (Å²) in [4.78, 5) is 12.1. The van der Waals surface area contributed by atoms with Crippen LogP contribution in [0.5, 0.6) is 0 Å². The zero-order valence-corrected chi connectivity index (χ0v) is 17.5. The molecule has 2 aromatic rings. The fourth-order valence-corrected chi connectivity index (χ4v) is 4.80. The van der Waals surface area contributed by atoms with E-state index in [4.69, 9.17) is 4.18 Å². The monoisotopic (exact) mass is 439 g/mol. The lowest BCUT2D eigenvalue weighted by molar-refractivity contribution is -0.135. The quantitative estimate of drug-likeness (QED) is 0.676. The molecule has 1 N–H and O–H groups in total. The SMILES string of the molecule is Cc1ccc(S(=O)(=O)OC(=O)[C@H]2C[C@@H](OS(=O)(=O)c3ccc(C)cc3)CN2)cc1. The summed E-state index contributed by atoms with van der Waals surface area (Å²) >= 11 is 0. The van der Waals surface area contributed by atoms with Crippen molar-refractivity contribution >= 4 is 26.2 Å². The lowest BCUT2D eigenvalue weighted by Crippen LogP contribution is -2.33. The Hall–Kier alpha value is -2.27. The van der Waals surface area contributed by atoms with E-state index in [1.165, 1.54) is 24.3 Å². The number of carbonyl (C=O) groups excluding carboxylic acids is 1. The van der Waals surface area contributed by atoms with Crippen LogP contribution in [0.4, 0.5) is 0 Å². The van der Waals surface area contributed by atoms with E-state index in [0.29, 0.717) is 0 Å². The van der Waals surface area contributed by atoms with Gasteiger partial charge in [-0.15, -0.1) is 0 Å². The molecule has 0 spiro atoms. The van der Waals surface area contributed by atoms with Gasteiger partial charge in [0.1, 0.15) is 10.9 Å². The number of benzene rings is 2. The van der Waals surface area contributed by atoms with Crippen LogP contribution in [0.1, 0.15) is 17.5 Å². The van der Waals surface area contributed by atoms with E-state index in [-0.39, 0.29) is 22.8 Å². The molecule has 0 amide bonds. The van der Waals surface area contributed by atoms with Gasteiger partial charge in [-0.25, -0.2) is 4.79 Å². The molecule has 8 nitrogen and oxygen atoms in total. The van der Waals surface area contributed by atoms with Gasteiger partial charge >= 0.3 is 16.1 Å². The lowest BCUT2D eigenvalue weighted by atomic mass is 10.2. The van der Waals surface area contributed by atoms with Gasteiger partial charge in [-0.05, 0) is 38.1 Å². The molecule has 0 bridgehead atoms. The third kappa shape index (κ3) is 5.21. The number of hydrogen-bond donors (Lipinski definition) is 1. The van der Waals surface area contributed by atoms with Crippen molar-refractivity contribution in [3.8, 4) is 0 Å². The standard InChI is InChI=1S/C19H21NO7S2/c1-13-3-7-16(8-4-13)28(22,23)26-15-11-18(20-12-15)19(21)27-29(24,25)17-9-5-14(2)6-10-17/h3-10,15,18,20H,11-12H2,1-2H3/t15-,18-/m1/s1. The maximum atomic E-state index is 12.4. The molecule has 2 atom stereocenters. The van der Waals surface area contributed by atoms with E-state index < -0.39 is 38.4 Å². The first-order valence-electron chi connectivity index (χ1n) is 8.85. The highest BCUT2D eigenvalue weighted by Gasteiger charge is 2.36. The fourth-order valence-electron chi connectivity index (χ4n) is 2.82. The van der Waals surface area contributed by atoms with Crippen LogP contribution in [0.25, 0.3) is 0 Å². The van der Waals surface area contributed by atoms with Crippen molar-refractivity contribution in [2.75, 3.05) is 6.54 Å². The lowest BCUT2D eigenvalue weighted by Gasteiger charge is -2.12. The summed E-state index contributed by atoms with van der Waals surface area (Å²) in [5.74, 6) is -1.01. The van der Waals surface area contributed by atoms with E-state index in [1.807, 2.05) is 6.92 Å². The van der Waals surface area contributed by atoms with Crippen molar-refractivity contribution in [2.24, 2.45) is 0 Å². The highest BCUT2D eigenvalue weighted by molar-refractivity contribution is 7.87. The maximum Gasteiger partial charge on any atom is 0.341 e. The number of nitrogens with one attached hydrogen (secondary N) is 1. The molecule has 1 saturated heterocycles. The highest BCUT2D eigenvalue weighted by Crippen LogP contribution is 2.21. The molecule has 1 aliphatic heterocycles. The van der Waals surface area contributed by atoms with Gasteiger partial charge in [0.25, 0.3) is 10.1 Å². The van der Waals surface area contributed by atoms with E-state index in [2.05, 4.69) is 9.50 Å². The van der Waals surface area contributed by atoms with Crippen molar-refractivity contribution in [3.05, 3.63) is 59.7 Å². The first-order valence-corrected chi connectivity index (χ1v) is 11.7. The molecule has 1 fully saturated rings. The molecule has 156 valence electrons. The Labute approximate surface area is 170 Å². The minimum Gasteiger partial charge on any atom is -0.341 e. The largest absolute Gasteiger partial charge is 0.341 e. The van der Waals surface area contributed by atoms with Crippen LogP contribution in [0, 0.1) is 13.8 Å². The number of aryl methyl sites for hydroxylation is 2. The van der Waals surface area contributed by atoms with Crippen LogP contribution in [-0.2, 0) is 33.4 Å². The van der Waals surface area contributed by atoms with Crippen molar-refractivity contribution in [1.82, 2.24) is 5.32 Å². The normalized spacial score (nSPS) is 19.8. The second kappa shape index (κ2) is 8.23. The Kier molecular flexibility index (Phi) is 6.08. The molecule has 0 saturated carbocycles. The van der Waals surface area contributed by atoms with Crippen LogP contribution in [0.15, 0.2) is 58.3 Å². The van der Waals surface area contributed by atoms with Gasteiger partial charge < -0.3 is 9.50 Å². The third-order valence-corrected chi connectivity index (χ3v) is 7.06. The molecule has 0 unspecified atom stereocenters. The summed E-state index contributed by atoms with van der Waals surface area (Å²) in [5, 5.41) is 2.74. The van der Waals surface area contributed by atoms with Crippen molar-refractivity contribution in [1.29, 1.82) is 0 Å². The van der Waals surface area contributed by atoms with E-state index in [1.54, 1.807) is 31.2 Å². The first kappa shape index (κ1) is 21.4. The number of carbonyl (C=O) groups is 1. The van der Waals surface area contributed by atoms with Gasteiger partial charge in [0.15, 0.2) is 0 Å². The van der Waals surface area contributed by atoms with Gasteiger partial charge in [-0.3, -0.25) is 4.18 Å². The van der Waals surface area contributed by atoms with E-state index in [9.17, 15) is 21.6 Å². The highest BCUT2D eigenvalue weighted by atomic mass is 32.2. The number of rotatable bonds is 6. The molecular weight excluding hydrogens is 418 g/mol. The molecule has 0 radical (unpaired) electrons. The molecule has 0 aliphatic carbocycles. The van der Waals surface area contributed by atoms with Gasteiger partial charge in [0.05, 0.1) is 11.0 Å². The molecule has 2 aromatic carbocycles. The predicted molar refractivity (Wildman–Crippen MR) is 104 cm³/mol. The van der Waals surface area contributed by atoms with Gasteiger partial charge in [-0.1, -0.05) is 35.4 Å². The Morgan fingerprint density at radius 2 is 1.34 bits per heavy atom. The Morgan fingerprint density at radius 3 is 1.86 bits per heavy atom. The van der Waals surface area contributed by atoms with Crippen molar-refractivity contribution in [2.45, 2.75) is 42.2 Å². The summed E-state index contributed by atoms with van der Waals surface area (Å²) in [6.45, 7) is 3.70. The maximum absolute atomic E-state index is 12.4. The van der Waals surface area contributed by atoms with Crippen molar-refractivity contribution < 1.29 is 30.0 Å². The molecule has 3 rings (SSSR count). The molecule has 0 aromatic heterocycles. The summed E-state index contributed by atoms with van der Waals surface area (Å²) < 4.78 is 59.1.